The van der Waals surface area contributed by atoms with Gasteiger partial charge in [0.1, 0.15) is 0 Å². The fourth-order valence-corrected chi connectivity index (χ4v) is 6.97. The molecular formula is C17H26Cl2OSi. The number of rotatable bonds is 4. The van der Waals surface area contributed by atoms with E-state index in [9.17, 15) is 0 Å². The Balaban J connectivity index is 2.19. The average Bonchev–Trinajstić information content (AvgIpc) is 2.38. The van der Waals surface area contributed by atoms with Crippen LogP contribution in [-0.2, 0) is 4.43 Å². The molecule has 0 bridgehead atoms. The molecule has 0 spiro atoms. The minimum atomic E-state index is -2.88. The maximum atomic E-state index is 6.70. The van der Waals surface area contributed by atoms with Crippen molar-refractivity contribution in [2.24, 2.45) is 17.8 Å². The Morgan fingerprint density at radius 3 is 2.48 bits per heavy atom. The molecule has 0 N–H and O–H groups in total. The van der Waals surface area contributed by atoms with Gasteiger partial charge in [0.15, 0.2) is 0 Å². The third-order valence-electron chi connectivity index (χ3n) is 4.72. The standard InChI is InChI=1S/C17H26Cl2OSi/c1-12(2)15-10-9-13(3)11-16(15)20-21(18,19)17-8-6-5-7-14(17)4/h5-8,12-13,15-16H,9-11H2,1-4H3/t13-,15+,16-/m1/s1. The van der Waals surface area contributed by atoms with E-state index in [1.807, 2.05) is 18.2 Å². The molecule has 1 aromatic rings. The van der Waals surface area contributed by atoms with Crippen LogP contribution in [0.1, 0.15) is 45.6 Å². The first-order valence-corrected chi connectivity index (χ1v) is 11.9. The van der Waals surface area contributed by atoms with E-state index in [0.29, 0.717) is 17.8 Å². The first-order chi connectivity index (χ1) is 9.81. The Hall–Kier alpha value is -0.0231. The summed E-state index contributed by atoms with van der Waals surface area (Å²) < 4.78 is 6.36. The summed E-state index contributed by atoms with van der Waals surface area (Å²) in [6.07, 6.45) is 3.76. The van der Waals surface area contributed by atoms with Gasteiger partial charge in [0.05, 0.1) is 6.10 Å². The Morgan fingerprint density at radius 2 is 1.86 bits per heavy atom. The molecule has 1 nitrogen and oxygen atoms in total. The van der Waals surface area contributed by atoms with Crippen molar-refractivity contribution in [3.8, 4) is 0 Å². The molecule has 1 aliphatic rings. The molecule has 0 aromatic heterocycles. The quantitative estimate of drug-likeness (QED) is 0.545. The van der Waals surface area contributed by atoms with Crippen molar-refractivity contribution >= 4 is 34.3 Å². The molecule has 4 heteroatoms. The van der Waals surface area contributed by atoms with Gasteiger partial charge >= 0.3 is 6.94 Å². The summed E-state index contributed by atoms with van der Waals surface area (Å²) in [5.74, 6) is 1.87. The van der Waals surface area contributed by atoms with E-state index in [1.165, 1.54) is 12.8 Å². The second kappa shape index (κ2) is 7.04. The second-order valence-corrected chi connectivity index (χ2v) is 12.4. The van der Waals surface area contributed by atoms with Crippen molar-refractivity contribution in [1.29, 1.82) is 0 Å². The lowest BCUT2D eigenvalue weighted by molar-refractivity contribution is 0.0468. The lowest BCUT2D eigenvalue weighted by atomic mass is 9.75. The van der Waals surface area contributed by atoms with Crippen LogP contribution in [-0.4, -0.2) is 13.0 Å². The zero-order valence-corrected chi connectivity index (χ0v) is 15.9. The highest BCUT2D eigenvalue weighted by Gasteiger charge is 2.42. The number of hydrogen-bond acceptors (Lipinski definition) is 1. The molecule has 1 aliphatic carbocycles. The first-order valence-electron chi connectivity index (χ1n) is 7.93. The van der Waals surface area contributed by atoms with Gasteiger partial charge in [0.25, 0.3) is 0 Å². The van der Waals surface area contributed by atoms with Gasteiger partial charge < -0.3 is 4.43 Å². The molecule has 0 amide bonds. The molecule has 0 heterocycles. The van der Waals surface area contributed by atoms with E-state index in [-0.39, 0.29) is 6.10 Å². The van der Waals surface area contributed by atoms with E-state index < -0.39 is 6.94 Å². The van der Waals surface area contributed by atoms with Crippen LogP contribution >= 0.6 is 22.2 Å². The zero-order chi connectivity index (χ0) is 15.6. The van der Waals surface area contributed by atoms with Crippen molar-refractivity contribution in [3.63, 3.8) is 0 Å². The largest absolute Gasteiger partial charge is 0.424 e. The molecule has 1 aromatic carbocycles. The Bertz CT molecular complexity index is 476. The minimum absolute atomic E-state index is 0.190. The van der Waals surface area contributed by atoms with E-state index in [2.05, 4.69) is 33.8 Å². The molecule has 118 valence electrons. The summed E-state index contributed by atoms with van der Waals surface area (Å²) in [5, 5.41) is 0.995. The van der Waals surface area contributed by atoms with Crippen molar-refractivity contribution in [3.05, 3.63) is 29.8 Å². The van der Waals surface area contributed by atoms with Crippen LogP contribution < -0.4 is 5.19 Å². The second-order valence-electron chi connectivity index (χ2n) is 6.81. The number of hydrogen-bond donors (Lipinski definition) is 0. The van der Waals surface area contributed by atoms with E-state index in [0.717, 1.165) is 17.2 Å². The maximum Gasteiger partial charge on any atom is 0.424 e. The fourth-order valence-electron chi connectivity index (χ4n) is 3.40. The van der Waals surface area contributed by atoms with Crippen molar-refractivity contribution < 1.29 is 4.43 Å². The SMILES string of the molecule is Cc1ccccc1[Si](Cl)(Cl)O[C@@H]1C[C@H](C)CC[C@H]1C(C)C. The molecule has 0 unspecified atom stereocenters. The minimum Gasteiger partial charge on any atom is -0.386 e. The van der Waals surface area contributed by atoms with Gasteiger partial charge in [-0.15, -0.1) is 22.2 Å². The molecular weight excluding hydrogens is 319 g/mol. The summed E-state index contributed by atoms with van der Waals surface area (Å²) in [4.78, 5) is 0. The maximum absolute atomic E-state index is 6.70. The summed E-state index contributed by atoms with van der Waals surface area (Å²) in [6.45, 7) is 6.01. The monoisotopic (exact) mass is 344 g/mol. The Morgan fingerprint density at radius 1 is 1.19 bits per heavy atom. The summed E-state index contributed by atoms with van der Waals surface area (Å²) in [6, 6.07) is 8.06. The number of benzene rings is 1. The zero-order valence-electron chi connectivity index (χ0n) is 13.4. The van der Waals surface area contributed by atoms with Gasteiger partial charge in [0.2, 0.25) is 0 Å². The Labute approximate surface area is 139 Å². The van der Waals surface area contributed by atoms with E-state index in [4.69, 9.17) is 26.6 Å². The molecule has 3 atom stereocenters. The highest BCUT2D eigenvalue weighted by atomic mass is 35.7. The van der Waals surface area contributed by atoms with Crippen LogP contribution in [0, 0.1) is 24.7 Å². The number of aryl methyl sites for hydroxylation is 1. The van der Waals surface area contributed by atoms with Crippen LogP contribution in [0.3, 0.4) is 0 Å². The van der Waals surface area contributed by atoms with Crippen molar-refractivity contribution in [2.45, 2.75) is 53.1 Å². The van der Waals surface area contributed by atoms with Crippen molar-refractivity contribution in [2.75, 3.05) is 0 Å². The lowest BCUT2D eigenvalue weighted by Crippen LogP contribution is -2.48. The smallest absolute Gasteiger partial charge is 0.386 e. The predicted molar refractivity (Wildman–Crippen MR) is 94.5 cm³/mol. The molecule has 1 fully saturated rings. The summed E-state index contributed by atoms with van der Waals surface area (Å²) in [5.41, 5.74) is 1.12. The van der Waals surface area contributed by atoms with E-state index in [1.54, 1.807) is 0 Å². The van der Waals surface area contributed by atoms with Gasteiger partial charge in [-0.25, -0.2) is 0 Å². The molecule has 1 saturated carbocycles. The summed E-state index contributed by atoms with van der Waals surface area (Å²) in [7, 11) is 0. The average molecular weight is 345 g/mol. The first kappa shape index (κ1) is 17.3. The molecule has 0 saturated heterocycles. The normalized spacial score (nSPS) is 27.1. The summed E-state index contributed by atoms with van der Waals surface area (Å²) >= 11 is 13.4. The van der Waals surface area contributed by atoms with Crippen LogP contribution in [0.2, 0.25) is 0 Å². The molecule has 21 heavy (non-hydrogen) atoms. The van der Waals surface area contributed by atoms with Gasteiger partial charge in [-0.2, -0.15) is 0 Å². The van der Waals surface area contributed by atoms with E-state index >= 15 is 0 Å². The van der Waals surface area contributed by atoms with Crippen LogP contribution in [0.5, 0.6) is 0 Å². The highest BCUT2D eigenvalue weighted by molar-refractivity contribution is 7.48. The van der Waals surface area contributed by atoms with Crippen LogP contribution in [0.15, 0.2) is 24.3 Å². The van der Waals surface area contributed by atoms with Crippen LogP contribution in [0.25, 0.3) is 0 Å². The van der Waals surface area contributed by atoms with Gasteiger partial charge in [0, 0.05) is 0 Å². The highest BCUT2D eigenvalue weighted by Crippen LogP contribution is 2.37. The number of halogens is 2. The predicted octanol–water partition coefficient (Wildman–Crippen LogP) is 5.10. The van der Waals surface area contributed by atoms with Gasteiger partial charge in [-0.05, 0) is 48.3 Å². The fraction of sp³-hybridized carbons (Fsp3) is 0.647. The third kappa shape index (κ3) is 4.25. The van der Waals surface area contributed by atoms with Gasteiger partial charge in [-0.1, -0.05) is 51.5 Å². The third-order valence-corrected chi connectivity index (χ3v) is 8.26. The van der Waals surface area contributed by atoms with Gasteiger partial charge in [-0.3, -0.25) is 0 Å². The molecule has 2 rings (SSSR count). The van der Waals surface area contributed by atoms with Crippen molar-refractivity contribution in [1.82, 2.24) is 0 Å². The molecule has 0 aliphatic heterocycles. The Kier molecular flexibility index (Phi) is 5.81. The molecule has 0 radical (unpaired) electrons. The van der Waals surface area contributed by atoms with Crippen LogP contribution in [0.4, 0.5) is 0 Å². The lowest BCUT2D eigenvalue weighted by Gasteiger charge is -2.39. The topological polar surface area (TPSA) is 9.23 Å².